The minimum absolute atomic E-state index is 0.0141. The van der Waals surface area contributed by atoms with E-state index in [0.717, 1.165) is 11.1 Å². The summed E-state index contributed by atoms with van der Waals surface area (Å²) in [6.45, 7) is 0.507. The van der Waals surface area contributed by atoms with Crippen LogP contribution < -0.4 is 11.1 Å². The molecule has 0 spiro atoms. The third-order valence-corrected chi connectivity index (χ3v) is 3.12. The van der Waals surface area contributed by atoms with E-state index < -0.39 is 0 Å². The van der Waals surface area contributed by atoms with E-state index in [0.29, 0.717) is 19.4 Å². The largest absolute Gasteiger partial charge is 0.352 e. The smallest absolute Gasteiger partial charge is 0.220 e. The number of carbonyl (C=O) groups is 1. The number of nitrogens with one attached hydrogen (secondary N) is 1. The van der Waals surface area contributed by atoms with E-state index in [2.05, 4.69) is 10.3 Å². The van der Waals surface area contributed by atoms with Crippen LogP contribution in [0.2, 0.25) is 0 Å². The molecule has 1 aromatic heterocycles. The number of hydrogen-bond donors (Lipinski definition) is 2. The van der Waals surface area contributed by atoms with Crippen molar-refractivity contribution < 1.29 is 4.79 Å². The molecule has 0 fully saturated rings. The van der Waals surface area contributed by atoms with Gasteiger partial charge in [-0.05, 0) is 23.6 Å². The zero-order valence-corrected chi connectivity index (χ0v) is 11.3. The second-order valence-corrected chi connectivity index (χ2v) is 4.69. The zero-order valence-electron chi connectivity index (χ0n) is 11.3. The molecule has 104 valence electrons. The van der Waals surface area contributed by atoms with E-state index in [-0.39, 0.29) is 11.9 Å². The van der Waals surface area contributed by atoms with Crippen LogP contribution >= 0.6 is 0 Å². The van der Waals surface area contributed by atoms with Crippen LogP contribution in [-0.4, -0.2) is 10.9 Å². The fraction of sp³-hybridized carbons (Fsp3) is 0.250. The number of hydrogen-bond acceptors (Lipinski definition) is 3. The van der Waals surface area contributed by atoms with E-state index in [1.165, 1.54) is 0 Å². The summed E-state index contributed by atoms with van der Waals surface area (Å²) in [5, 5.41) is 2.87. The van der Waals surface area contributed by atoms with Crippen molar-refractivity contribution in [3.8, 4) is 0 Å². The van der Waals surface area contributed by atoms with Crippen molar-refractivity contribution in [2.45, 2.75) is 25.4 Å². The first-order valence-corrected chi connectivity index (χ1v) is 6.72. The van der Waals surface area contributed by atoms with Gasteiger partial charge in [0.2, 0.25) is 5.91 Å². The fourth-order valence-electron chi connectivity index (χ4n) is 1.95. The van der Waals surface area contributed by atoms with Crippen LogP contribution in [0, 0.1) is 0 Å². The minimum atomic E-state index is -0.0969. The van der Waals surface area contributed by atoms with E-state index >= 15 is 0 Å². The lowest BCUT2D eigenvalue weighted by atomic mass is 10.0. The lowest BCUT2D eigenvalue weighted by Gasteiger charge is -2.11. The van der Waals surface area contributed by atoms with Crippen LogP contribution in [0.25, 0.3) is 0 Å². The Labute approximate surface area is 119 Å². The molecule has 0 saturated heterocycles. The number of carbonyl (C=O) groups excluding carboxylic acids is 1. The summed E-state index contributed by atoms with van der Waals surface area (Å²) in [6.07, 6.45) is 4.53. The summed E-state index contributed by atoms with van der Waals surface area (Å²) in [5.74, 6) is 0.0141. The Balaban J connectivity index is 1.73. The van der Waals surface area contributed by atoms with Gasteiger partial charge < -0.3 is 11.1 Å². The Morgan fingerprint density at radius 1 is 1.20 bits per heavy atom. The van der Waals surface area contributed by atoms with Crippen molar-refractivity contribution in [1.82, 2.24) is 10.3 Å². The minimum Gasteiger partial charge on any atom is -0.352 e. The number of rotatable bonds is 6. The number of nitrogens with two attached hydrogens (primary N) is 1. The van der Waals surface area contributed by atoms with Crippen molar-refractivity contribution in [1.29, 1.82) is 0 Å². The van der Waals surface area contributed by atoms with Gasteiger partial charge in [-0.3, -0.25) is 9.78 Å². The molecule has 0 bridgehead atoms. The molecule has 0 aliphatic rings. The Morgan fingerprint density at radius 3 is 2.70 bits per heavy atom. The van der Waals surface area contributed by atoms with Gasteiger partial charge in [0, 0.05) is 31.4 Å². The summed E-state index contributed by atoms with van der Waals surface area (Å²) >= 11 is 0. The van der Waals surface area contributed by atoms with Crippen molar-refractivity contribution in [3.63, 3.8) is 0 Å². The molecule has 4 nitrogen and oxygen atoms in total. The molecular weight excluding hydrogens is 250 g/mol. The van der Waals surface area contributed by atoms with E-state index in [9.17, 15) is 4.79 Å². The molecule has 20 heavy (non-hydrogen) atoms. The van der Waals surface area contributed by atoms with Crippen molar-refractivity contribution >= 4 is 5.91 Å². The van der Waals surface area contributed by atoms with Gasteiger partial charge >= 0.3 is 0 Å². The lowest BCUT2D eigenvalue weighted by molar-refractivity contribution is -0.121. The average Bonchev–Trinajstić information content (AvgIpc) is 2.52. The molecule has 0 radical (unpaired) electrons. The molecule has 1 atom stereocenters. The maximum atomic E-state index is 11.8. The highest BCUT2D eigenvalue weighted by atomic mass is 16.1. The number of aromatic nitrogens is 1. The number of amides is 1. The maximum Gasteiger partial charge on any atom is 0.220 e. The van der Waals surface area contributed by atoms with Crippen LogP contribution in [0.1, 0.15) is 30.0 Å². The predicted molar refractivity (Wildman–Crippen MR) is 78.7 cm³/mol. The Morgan fingerprint density at radius 2 is 2.00 bits per heavy atom. The molecular formula is C16H19N3O. The zero-order chi connectivity index (χ0) is 14.2. The van der Waals surface area contributed by atoms with Crippen LogP contribution in [0.4, 0.5) is 0 Å². The summed E-state index contributed by atoms with van der Waals surface area (Å²) in [7, 11) is 0. The molecule has 0 saturated carbocycles. The normalized spacial score (nSPS) is 11.8. The second-order valence-electron chi connectivity index (χ2n) is 4.69. The van der Waals surface area contributed by atoms with Crippen LogP contribution in [0.3, 0.4) is 0 Å². The van der Waals surface area contributed by atoms with Crippen molar-refractivity contribution in [3.05, 3.63) is 66.0 Å². The maximum absolute atomic E-state index is 11.8. The number of nitrogens with zero attached hydrogens (tertiary/aromatic N) is 1. The van der Waals surface area contributed by atoms with Gasteiger partial charge in [-0.2, -0.15) is 0 Å². The molecule has 1 heterocycles. The standard InChI is InChI=1S/C16H19N3O/c17-15(14-6-2-1-3-7-14)8-9-16(20)19-12-13-5-4-10-18-11-13/h1-7,10-11,15H,8-9,12,17H2,(H,19,20). The first kappa shape index (κ1) is 14.2. The highest BCUT2D eigenvalue weighted by Gasteiger charge is 2.08. The van der Waals surface area contributed by atoms with Gasteiger partial charge in [0.05, 0.1) is 0 Å². The monoisotopic (exact) mass is 269 g/mol. The Kier molecular flexibility index (Phi) is 5.26. The number of pyridine rings is 1. The number of benzene rings is 1. The first-order chi connectivity index (χ1) is 9.75. The Hall–Kier alpha value is -2.20. The molecule has 3 N–H and O–H groups in total. The van der Waals surface area contributed by atoms with Crippen LogP contribution in [-0.2, 0) is 11.3 Å². The molecule has 4 heteroatoms. The summed E-state index contributed by atoms with van der Waals surface area (Å²) in [5.41, 5.74) is 8.12. The fourth-order valence-corrected chi connectivity index (χ4v) is 1.95. The summed E-state index contributed by atoms with van der Waals surface area (Å²) < 4.78 is 0. The third kappa shape index (κ3) is 4.48. The highest BCUT2D eigenvalue weighted by molar-refractivity contribution is 5.75. The lowest BCUT2D eigenvalue weighted by Crippen LogP contribution is -2.24. The first-order valence-electron chi connectivity index (χ1n) is 6.72. The van der Waals surface area contributed by atoms with Crippen molar-refractivity contribution in [2.24, 2.45) is 5.73 Å². The van der Waals surface area contributed by atoms with Gasteiger partial charge in [0.25, 0.3) is 0 Å². The average molecular weight is 269 g/mol. The molecule has 1 amide bonds. The quantitative estimate of drug-likeness (QED) is 0.844. The predicted octanol–water partition coefficient (Wildman–Crippen LogP) is 2.18. The van der Waals surface area contributed by atoms with Crippen LogP contribution in [0.5, 0.6) is 0 Å². The SMILES string of the molecule is NC(CCC(=O)NCc1cccnc1)c1ccccc1. The highest BCUT2D eigenvalue weighted by Crippen LogP contribution is 2.14. The van der Waals surface area contributed by atoms with E-state index in [1.807, 2.05) is 42.5 Å². The van der Waals surface area contributed by atoms with Gasteiger partial charge in [0.1, 0.15) is 0 Å². The Bertz CT molecular complexity index is 528. The van der Waals surface area contributed by atoms with Crippen molar-refractivity contribution in [2.75, 3.05) is 0 Å². The summed E-state index contributed by atoms with van der Waals surface area (Å²) in [4.78, 5) is 15.8. The molecule has 1 unspecified atom stereocenters. The van der Waals surface area contributed by atoms with E-state index in [1.54, 1.807) is 12.4 Å². The third-order valence-electron chi connectivity index (χ3n) is 3.12. The molecule has 0 aliphatic heterocycles. The van der Waals surface area contributed by atoms with Gasteiger partial charge in [-0.15, -0.1) is 0 Å². The van der Waals surface area contributed by atoms with Gasteiger partial charge in [0.15, 0.2) is 0 Å². The topological polar surface area (TPSA) is 68.0 Å². The van der Waals surface area contributed by atoms with Gasteiger partial charge in [-0.25, -0.2) is 0 Å². The van der Waals surface area contributed by atoms with E-state index in [4.69, 9.17) is 5.73 Å². The molecule has 0 aliphatic carbocycles. The van der Waals surface area contributed by atoms with Crippen LogP contribution in [0.15, 0.2) is 54.9 Å². The molecule has 1 aromatic carbocycles. The molecule has 2 aromatic rings. The molecule has 2 rings (SSSR count). The summed E-state index contributed by atoms with van der Waals surface area (Å²) in [6, 6.07) is 13.5. The second kappa shape index (κ2) is 7.40. The van der Waals surface area contributed by atoms with Gasteiger partial charge in [-0.1, -0.05) is 36.4 Å².